The van der Waals surface area contributed by atoms with Gasteiger partial charge in [0, 0.05) is 13.6 Å². The lowest BCUT2D eigenvalue weighted by Crippen LogP contribution is -2.19. The minimum Gasteiger partial charge on any atom is -0.393 e. The van der Waals surface area contributed by atoms with Gasteiger partial charge >= 0.3 is 0 Å². The molecule has 0 fully saturated rings. The highest BCUT2D eigenvalue weighted by Crippen LogP contribution is 2.25. The number of benzene rings is 1. The fourth-order valence-electron chi connectivity index (χ4n) is 1.76. The molecule has 96 valence electrons. The summed E-state index contributed by atoms with van der Waals surface area (Å²) in [6.07, 6.45) is 1.37. The number of anilines is 2. The summed E-state index contributed by atoms with van der Waals surface area (Å²) in [5.74, 6) is 0.572. The zero-order valence-corrected chi connectivity index (χ0v) is 11.1. The molecule has 6 heteroatoms. The van der Waals surface area contributed by atoms with Crippen molar-refractivity contribution in [2.24, 2.45) is 0 Å². The highest BCUT2D eigenvalue weighted by Gasteiger charge is 2.11. The first-order chi connectivity index (χ1) is 9.11. The molecule has 19 heavy (non-hydrogen) atoms. The first-order valence-corrected chi connectivity index (χ1v) is 5.95. The Kier molecular flexibility index (Phi) is 3.83. The lowest BCUT2D eigenvalue weighted by molar-refractivity contribution is 0.893. The molecule has 5 nitrogen and oxygen atoms in total. The van der Waals surface area contributed by atoms with Gasteiger partial charge < -0.3 is 10.6 Å². The highest BCUT2D eigenvalue weighted by atomic mass is 35.5. The number of hydrogen-bond donors (Lipinski definition) is 1. The fraction of sp³-hybridized carbons (Fsp3) is 0.154. The van der Waals surface area contributed by atoms with E-state index in [1.807, 2.05) is 30.1 Å². The summed E-state index contributed by atoms with van der Waals surface area (Å²) in [7, 11) is 1.86. The molecule has 0 saturated carbocycles. The number of nitriles is 1. The fourth-order valence-corrected chi connectivity index (χ4v) is 1.89. The van der Waals surface area contributed by atoms with Crippen molar-refractivity contribution in [1.29, 1.82) is 5.26 Å². The third kappa shape index (κ3) is 2.92. The standard InChI is InChI=1S/C13H12ClN5/c1-19(13-11(16)12(14)17-8-18-13)7-10-4-2-3-9(5-10)6-15/h2-5,8H,7,16H2,1H3. The molecule has 1 aromatic heterocycles. The SMILES string of the molecule is CN(Cc1cccc(C#N)c1)c1ncnc(Cl)c1N. The first-order valence-electron chi connectivity index (χ1n) is 5.58. The first kappa shape index (κ1) is 13.1. The Morgan fingerprint density at radius 3 is 2.95 bits per heavy atom. The van der Waals surface area contributed by atoms with Crippen molar-refractivity contribution in [3.63, 3.8) is 0 Å². The Balaban J connectivity index is 2.23. The summed E-state index contributed by atoms with van der Waals surface area (Å²) in [6.45, 7) is 0.576. The van der Waals surface area contributed by atoms with E-state index in [9.17, 15) is 0 Å². The van der Waals surface area contributed by atoms with Crippen molar-refractivity contribution in [2.75, 3.05) is 17.7 Å². The lowest BCUT2D eigenvalue weighted by atomic mass is 10.1. The summed E-state index contributed by atoms with van der Waals surface area (Å²) in [5.41, 5.74) is 7.81. The molecule has 0 radical (unpaired) electrons. The summed E-state index contributed by atoms with van der Waals surface area (Å²) in [5, 5.41) is 9.11. The second kappa shape index (κ2) is 5.55. The van der Waals surface area contributed by atoms with Gasteiger partial charge in [0.05, 0.1) is 11.6 Å². The normalized spacial score (nSPS) is 9.95. The Labute approximate surface area is 116 Å². The van der Waals surface area contributed by atoms with Gasteiger partial charge in [-0.2, -0.15) is 5.26 Å². The summed E-state index contributed by atoms with van der Waals surface area (Å²) < 4.78 is 0. The van der Waals surface area contributed by atoms with E-state index in [0.29, 0.717) is 23.6 Å². The van der Waals surface area contributed by atoms with Gasteiger partial charge in [0.2, 0.25) is 0 Å². The number of nitrogen functional groups attached to an aromatic ring is 1. The largest absolute Gasteiger partial charge is 0.393 e. The van der Waals surface area contributed by atoms with Crippen LogP contribution in [-0.4, -0.2) is 17.0 Å². The number of aromatic nitrogens is 2. The number of hydrogen-bond acceptors (Lipinski definition) is 5. The highest BCUT2D eigenvalue weighted by molar-refractivity contribution is 6.32. The quantitative estimate of drug-likeness (QED) is 0.868. The van der Waals surface area contributed by atoms with Crippen LogP contribution in [-0.2, 0) is 6.54 Å². The number of nitrogens with two attached hydrogens (primary N) is 1. The van der Waals surface area contributed by atoms with Crippen LogP contribution in [0.2, 0.25) is 5.15 Å². The van der Waals surface area contributed by atoms with E-state index in [2.05, 4.69) is 16.0 Å². The van der Waals surface area contributed by atoms with Crippen LogP contribution in [0.25, 0.3) is 0 Å². The maximum absolute atomic E-state index is 8.87. The van der Waals surface area contributed by atoms with E-state index in [-0.39, 0.29) is 5.15 Å². The number of halogens is 1. The summed E-state index contributed by atoms with van der Waals surface area (Å²) >= 11 is 5.86. The van der Waals surface area contributed by atoms with Gasteiger partial charge in [0.1, 0.15) is 12.0 Å². The van der Waals surface area contributed by atoms with Crippen LogP contribution in [0.5, 0.6) is 0 Å². The number of rotatable bonds is 3. The summed E-state index contributed by atoms with van der Waals surface area (Å²) in [6, 6.07) is 9.49. The maximum atomic E-state index is 8.87. The Morgan fingerprint density at radius 2 is 2.21 bits per heavy atom. The Morgan fingerprint density at radius 1 is 1.42 bits per heavy atom. The van der Waals surface area contributed by atoms with Crippen molar-refractivity contribution in [2.45, 2.75) is 6.54 Å². The van der Waals surface area contributed by atoms with Crippen LogP contribution in [0, 0.1) is 11.3 Å². The average molecular weight is 274 g/mol. The van der Waals surface area contributed by atoms with Crippen LogP contribution in [0.4, 0.5) is 11.5 Å². The molecule has 0 atom stereocenters. The minimum atomic E-state index is 0.239. The van der Waals surface area contributed by atoms with Crippen LogP contribution in [0.15, 0.2) is 30.6 Å². The predicted molar refractivity (Wildman–Crippen MR) is 74.7 cm³/mol. The lowest BCUT2D eigenvalue weighted by Gasteiger charge is -2.19. The third-order valence-corrected chi connectivity index (χ3v) is 2.95. The molecule has 0 bridgehead atoms. The molecular weight excluding hydrogens is 262 g/mol. The Bertz CT molecular complexity index is 635. The van der Waals surface area contributed by atoms with Gasteiger partial charge in [-0.15, -0.1) is 0 Å². The average Bonchev–Trinajstić information content (AvgIpc) is 2.42. The van der Waals surface area contributed by atoms with E-state index in [4.69, 9.17) is 22.6 Å². The van der Waals surface area contributed by atoms with E-state index in [1.54, 1.807) is 6.07 Å². The molecule has 1 aromatic carbocycles. The molecule has 1 heterocycles. The van der Waals surface area contributed by atoms with Crippen molar-refractivity contribution in [3.05, 3.63) is 46.9 Å². The van der Waals surface area contributed by atoms with E-state index in [1.165, 1.54) is 6.33 Å². The van der Waals surface area contributed by atoms with Crippen molar-refractivity contribution >= 4 is 23.1 Å². The molecule has 2 aromatic rings. The molecule has 0 spiro atoms. The zero-order chi connectivity index (χ0) is 13.8. The molecule has 0 amide bonds. The van der Waals surface area contributed by atoms with Crippen molar-refractivity contribution < 1.29 is 0 Å². The van der Waals surface area contributed by atoms with Crippen molar-refractivity contribution in [3.8, 4) is 6.07 Å². The monoisotopic (exact) mass is 273 g/mol. The van der Waals surface area contributed by atoms with Gasteiger partial charge in [0.25, 0.3) is 0 Å². The topological polar surface area (TPSA) is 78.8 Å². The van der Waals surface area contributed by atoms with Crippen LogP contribution in [0.1, 0.15) is 11.1 Å². The summed E-state index contributed by atoms with van der Waals surface area (Å²) in [4.78, 5) is 9.79. The Hall–Kier alpha value is -2.32. The van der Waals surface area contributed by atoms with E-state index >= 15 is 0 Å². The zero-order valence-electron chi connectivity index (χ0n) is 10.3. The molecule has 0 aliphatic heterocycles. The molecule has 2 N–H and O–H groups in total. The minimum absolute atomic E-state index is 0.239. The van der Waals surface area contributed by atoms with Gasteiger partial charge in [-0.3, -0.25) is 0 Å². The molecule has 0 aliphatic carbocycles. The van der Waals surface area contributed by atoms with Gasteiger partial charge in [0.15, 0.2) is 11.0 Å². The van der Waals surface area contributed by atoms with Crippen molar-refractivity contribution in [1.82, 2.24) is 9.97 Å². The molecule has 0 unspecified atom stereocenters. The van der Waals surface area contributed by atoms with Crippen LogP contribution in [0.3, 0.4) is 0 Å². The van der Waals surface area contributed by atoms with Crippen LogP contribution >= 0.6 is 11.6 Å². The van der Waals surface area contributed by atoms with Gasteiger partial charge in [-0.25, -0.2) is 9.97 Å². The van der Waals surface area contributed by atoms with Crippen LogP contribution < -0.4 is 10.6 Å². The number of nitrogens with zero attached hydrogens (tertiary/aromatic N) is 4. The van der Waals surface area contributed by atoms with Gasteiger partial charge in [-0.1, -0.05) is 23.7 Å². The second-order valence-electron chi connectivity index (χ2n) is 4.07. The smallest absolute Gasteiger partial charge is 0.157 e. The van der Waals surface area contributed by atoms with Gasteiger partial charge in [-0.05, 0) is 17.7 Å². The van der Waals surface area contributed by atoms with E-state index in [0.717, 1.165) is 5.56 Å². The predicted octanol–water partition coefficient (Wildman–Crippen LogP) is 2.22. The second-order valence-corrected chi connectivity index (χ2v) is 4.43. The molecular formula is C13H12ClN5. The molecule has 0 aliphatic rings. The molecule has 0 saturated heterocycles. The maximum Gasteiger partial charge on any atom is 0.157 e. The van der Waals surface area contributed by atoms with E-state index < -0.39 is 0 Å². The third-order valence-electron chi connectivity index (χ3n) is 2.65. The molecule has 2 rings (SSSR count).